The van der Waals surface area contributed by atoms with Gasteiger partial charge in [-0.1, -0.05) is 164 Å². The second kappa shape index (κ2) is 15.2. The van der Waals surface area contributed by atoms with Crippen molar-refractivity contribution in [3.63, 3.8) is 0 Å². The summed E-state index contributed by atoms with van der Waals surface area (Å²) in [4.78, 5) is 5.21. The van der Waals surface area contributed by atoms with Crippen LogP contribution >= 0.6 is 0 Å². The van der Waals surface area contributed by atoms with E-state index in [-0.39, 0.29) is 17.8 Å². The van der Waals surface area contributed by atoms with Gasteiger partial charge in [-0.2, -0.15) is 0 Å². The predicted octanol–water partition coefficient (Wildman–Crippen LogP) is 11.3. The van der Waals surface area contributed by atoms with Crippen molar-refractivity contribution in [3.8, 4) is 28.2 Å². The number of hydrogen-bond donors (Lipinski definition) is 0. The summed E-state index contributed by atoms with van der Waals surface area (Å²) in [6.07, 6.45) is 44.6. The quantitative estimate of drug-likeness (QED) is 0.175. The molecule has 1 heterocycles. The molecule has 0 bridgehead atoms. The Kier molecular flexibility index (Phi) is 9.56. The van der Waals surface area contributed by atoms with Gasteiger partial charge < -0.3 is 0 Å². The SMILES string of the molecule is C=CC1C=CC=CC1C(=C)C1=c2\ccc(-c3ccc(-c4nc5c(n4-c4ccccc4)C=CCC5)cc3)c\c2=C(C2=CC=CC3C=CC=CC23)\C=C\CC\C=C\1. The summed E-state index contributed by atoms with van der Waals surface area (Å²) in [6, 6.07) is 26.6. The molecule has 4 aromatic rings. The molecule has 2 heteroatoms. The molecule has 55 heavy (non-hydrogen) atoms. The number of nitrogens with zero attached hydrogens (tertiary/aromatic N) is 2. The van der Waals surface area contributed by atoms with Crippen molar-refractivity contribution >= 4 is 17.2 Å². The van der Waals surface area contributed by atoms with E-state index < -0.39 is 0 Å². The van der Waals surface area contributed by atoms with Crippen LogP contribution in [0, 0.1) is 23.7 Å². The highest BCUT2D eigenvalue weighted by molar-refractivity contribution is 5.81. The number of allylic oxidation sites excluding steroid dienone is 19. The first-order chi connectivity index (χ1) is 27.2. The average molecular weight is 711 g/mol. The molecule has 3 aromatic carbocycles. The molecular formula is C53H46N2. The smallest absolute Gasteiger partial charge is 0.145 e. The molecule has 0 amide bonds. The lowest BCUT2D eigenvalue weighted by Crippen LogP contribution is -2.32. The zero-order chi connectivity index (χ0) is 37.1. The molecule has 0 fully saturated rings. The lowest BCUT2D eigenvalue weighted by atomic mass is 9.75. The minimum atomic E-state index is 0.140. The molecule has 0 aliphatic heterocycles. The maximum absolute atomic E-state index is 5.21. The third-order valence-corrected chi connectivity index (χ3v) is 11.6. The van der Waals surface area contributed by atoms with E-state index in [9.17, 15) is 0 Å². The third-order valence-electron chi connectivity index (χ3n) is 11.6. The fourth-order valence-electron chi connectivity index (χ4n) is 8.74. The molecule has 1 aromatic heterocycles. The molecule has 9 rings (SSSR count). The normalized spacial score (nSPS) is 25.3. The van der Waals surface area contributed by atoms with Crippen LogP contribution in [0.4, 0.5) is 0 Å². The highest BCUT2D eigenvalue weighted by Crippen LogP contribution is 2.37. The van der Waals surface area contributed by atoms with E-state index in [0.29, 0.717) is 5.92 Å². The van der Waals surface area contributed by atoms with Crippen LogP contribution in [0.3, 0.4) is 0 Å². The van der Waals surface area contributed by atoms with Crippen LogP contribution < -0.4 is 10.4 Å². The molecule has 5 aliphatic rings. The molecule has 0 N–H and O–H groups in total. The summed E-state index contributed by atoms with van der Waals surface area (Å²) < 4.78 is 2.31. The van der Waals surface area contributed by atoms with Gasteiger partial charge in [-0.25, -0.2) is 4.98 Å². The van der Waals surface area contributed by atoms with Crippen molar-refractivity contribution in [2.24, 2.45) is 23.7 Å². The van der Waals surface area contributed by atoms with Gasteiger partial charge in [0, 0.05) is 34.9 Å². The summed E-state index contributed by atoms with van der Waals surface area (Å²) >= 11 is 0. The Bertz CT molecular complexity index is 2570. The molecule has 4 atom stereocenters. The topological polar surface area (TPSA) is 17.8 Å². The number of imidazole rings is 1. The van der Waals surface area contributed by atoms with Gasteiger partial charge in [-0.3, -0.25) is 4.57 Å². The fourth-order valence-corrected chi connectivity index (χ4v) is 8.74. The van der Waals surface area contributed by atoms with Gasteiger partial charge in [0.2, 0.25) is 0 Å². The number of aromatic nitrogens is 2. The second-order valence-electron chi connectivity index (χ2n) is 14.9. The van der Waals surface area contributed by atoms with Gasteiger partial charge in [0.05, 0.1) is 11.4 Å². The van der Waals surface area contributed by atoms with Crippen LogP contribution in [0.25, 0.3) is 45.4 Å². The van der Waals surface area contributed by atoms with Crippen LogP contribution in [0.1, 0.15) is 30.7 Å². The van der Waals surface area contributed by atoms with Gasteiger partial charge >= 0.3 is 0 Å². The maximum Gasteiger partial charge on any atom is 0.145 e. The Morgan fingerprint density at radius 2 is 1.42 bits per heavy atom. The van der Waals surface area contributed by atoms with Crippen LogP contribution in [-0.4, -0.2) is 9.55 Å². The number of aryl methyl sites for hydroxylation is 1. The van der Waals surface area contributed by atoms with Gasteiger partial charge in [-0.15, -0.1) is 6.58 Å². The first-order valence-corrected chi connectivity index (χ1v) is 19.7. The molecule has 5 aliphatic carbocycles. The molecule has 4 unspecified atom stereocenters. The molecule has 0 saturated heterocycles. The van der Waals surface area contributed by atoms with Crippen molar-refractivity contribution < 1.29 is 0 Å². The lowest BCUT2D eigenvalue weighted by Gasteiger charge is -2.28. The number of benzene rings is 3. The fraction of sp³-hybridized carbons (Fsp3) is 0.151. The minimum absolute atomic E-state index is 0.140. The summed E-state index contributed by atoms with van der Waals surface area (Å²) in [7, 11) is 0. The first-order valence-electron chi connectivity index (χ1n) is 19.7. The average Bonchev–Trinajstić information content (AvgIpc) is 3.65. The van der Waals surface area contributed by atoms with E-state index in [2.05, 4.69) is 193 Å². The van der Waals surface area contributed by atoms with Crippen molar-refractivity contribution in [2.45, 2.75) is 25.7 Å². The van der Waals surface area contributed by atoms with Crippen molar-refractivity contribution in [2.75, 3.05) is 0 Å². The Morgan fingerprint density at radius 3 is 2.27 bits per heavy atom. The highest BCUT2D eigenvalue weighted by atomic mass is 15.1. The first kappa shape index (κ1) is 34.5. The zero-order valence-corrected chi connectivity index (χ0v) is 31.3. The van der Waals surface area contributed by atoms with E-state index in [4.69, 9.17) is 11.6 Å². The van der Waals surface area contributed by atoms with E-state index >= 15 is 0 Å². The maximum atomic E-state index is 5.21. The summed E-state index contributed by atoms with van der Waals surface area (Å²) in [5, 5.41) is 2.44. The van der Waals surface area contributed by atoms with Gasteiger partial charge in [0.1, 0.15) is 5.82 Å². The number of fused-ring (bicyclic) bond motifs is 3. The molecule has 0 saturated carbocycles. The zero-order valence-electron chi connectivity index (χ0n) is 31.3. The molecular weight excluding hydrogens is 665 g/mol. The largest absolute Gasteiger partial charge is 0.293 e. The van der Waals surface area contributed by atoms with Crippen LogP contribution in [0.2, 0.25) is 0 Å². The summed E-state index contributed by atoms with van der Waals surface area (Å²) in [5.41, 5.74) is 11.9. The molecule has 268 valence electrons. The molecule has 0 spiro atoms. The Balaban J connectivity index is 1.22. The monoisotopic (exact) mass is 710 g/mol. The molecule has 2 nitrogen and oxygen atoms in total. The van der Waals surface area contributed by atoms with Crippen LogP contribution in [-0.2, 0) is 6.42 Å². The number of hydrogen-bond acceptors (Lipinski definition) is 1. The summed E-state index contributed by atoms with van der Waals surface area (Å²) in [6.45, 7) is 8.98. The van der Waals surface area contributed by atoms with E-state index in [1.54, 1.807) is 0 Å². The van der Waals surface area contributed by atoms with Crippen molar-refractivity contribution in [1.29, 1.82) is 0 Å². The Hall–Kier alpha value is -6.25. The van der Waals surface area contributed by atoms with Gasteiger partial charge in [-0.05, 0) is 93.8 Å². The number of rotatable bonds is 7. The molecule has 0 radical (unpaired) electrons. The van der Waals surface area contributed by atoms with E-state index in [0.717, 1.165) is 54.0 Å². The summed E-state index contributed by atoms with van der Waals surface area (Å²) in [5.74, 6) is 1.94. The third kappa shape index (κ3) is 6.63. The van der Waals surface area contributed by atoms with E-state index in [1.807, 2.05) is 0 Å². The van der Waals surface area contributed by atoms with Crippen LogP contribution in [0.5, 0.6) is 0 Å². The van der Waals surface area contributed by atoms with Gasteiger partial charge in [0.25, 0.3) is 0 Å². The number of para-hydroxylation sites is 1. The lowest BCUT2D eigenvalue weighted by molar-refractivity contribution is 0.639. The predicted molar refractivity (Wildman–Crippen MR) is 232 cm³/mol. The van der Waals surface area contributed by atoms with Crippen molar-refractivity contribution in [1.82, 2.24) is 9.55 Å². The van der Waals surface area contributed by atoms with E-state index in [1.165, 1.54) is 44.0 Å². The Morgan fingerprint density at radius 1 is 0.691 bits per heavy atom. The minimum Gasteiger partial charge on any atom is -0.293 e. The highest BCUT2D eigenvalue weighted by Gasteiger charge is 2.26. The van der Waals surface area contributed by atoms with Gasteiger partial charge in [0.15, 0.2) is 0 Å². The Labute approximate surface area is 325 Å². The second-order valence-corrected chi connectivity index (χ2v) is 14.9. The standard InChI is InChI=1S/C53H46N2/c1-3-38-18-11-13-23-44(38)37(2)45-24-9-4-5-10-26-48(47-27-17-20-40-19-12-14-25-46(40)47)50-36-42(34-35-49(45)50)39-30-32-41(33-31-39)53-54-51-28-15-16-29-52(51)55(53)43-21-7-6-8-22-43/h3,6-14,16-27,29-36,38,40,44,46H,1-2,4-5,15,28H2/b24-9+,26-10+,49-45+,50-48+. The van der Waals surface area contributed by atoms with Crippen LogP contribution in [0.15, 0.2) is 200 Å². The van der Waals surface area contributed by atoms with Crippen molar-refractivity contribution in [3.05, 3.63) is 222 Å².